The predicted molar refractivity (Wildman–Crippen MR) is 89.1 cm³/mol. The van der Waals surface area contributed by atoms with Crippen LogP contribution in [0.1, 0.15) is 20.3 Å². The average Bonchev–Trinajstić information content (AvgIpc) is 2.53. The van der Waals surface area contributed by atoms with Gasteiger partial charge in [0.2, 0.25) is 0 Å². The molecule has 0 unspecified atom stereocenters. The Bertz CT molecular complexity index is 494. The first-order valence-electron chi connectivity index (χ1n) is 7.07. The minimum Gasteiger partial charge on any atom is -0.501 e. The highest BCUT2D eigenvalue weighted by molar-refractivity contribution is 7.76. The van der Waals surface area contributed by atoms with Gasteiger partial charge in [0.05, 0.1) is 12.9 Å². The maximum Gasteiger partial charge on any atom is 0.0871 e. The first kappa shape index (κ1) is 14.8. The molecule has 0 aliphatic rings. The Labute approximate surface area is 123 Å². The summed E-state index contributed by atoms with van der Waals surface area (Å²) in [6.45, 7) is 4.94. The van der Waals surface area contributed by atoms with Crippen molar-refractivity contribution < 1.29 is 4.74 Å². The third-order valence-corrected chi connectivity index (χ3v) is 5.69. The fourth-order valence-electron chi connectivity index (χ4n) is 2.11. The minimum atomic E-state index is -0.490. The second-order valence-corrected chi connectivity index (χ2v) is 6.70. The molecule has 0 saturated carbocycles. The standard InChI is InChI=1S/C18H21OP/c1-3-16(15-19-4-2)20(17-11-7-5-8-12-17)18-13-9-6-10-14-18/h5-15H,3-4H2,1-2H3/b16-15-. The van der Waals surface area contributed by atoms with Crippen molar-refractivity contribution in [1.82, 2.24) is 0 Å². The van der Waals surface area contributed by atoms with Gasteiger partial charge in [-0.2, -0.15) is 0 Å². The summed E-state index contributed by atoms with van der Waals surface area (Å²) < 4.78 is 5.56. The van der Waals surface area contributed by atoms with Crippen molar-refractivity contribution in [1.29, 1.82) is 0 Å². The summed E-state index contributed by atoms with van der Waals surface area (Å²) in [5.74, 6) is 0. The van der Waals surface area contributed by atoms with Crippen LogP contribution >= 0.6 is 7.92 Å². The molecule has 2 heteroatoms. The lowest BCUT2D eigenvalue weighted by atomic mass is 10.4. The van der Waals surface area contributed by atoms with Crippen molar-refractivity contribution in [2.45, 2.75) is 20.3 Å². The van der Waals surface area contributed by atoms with Crippen LogP contribution in [0.3, 0.4) is 0 Å². The maximum absolute atomic E-state index is 5.56. The van der Waals surface area contributed by atoms with Crippen LogP contribution in [0.2, 0.25) is 0 Å². The summed E-state index contributed by atoms with van der Waals surface area (Å²) >= 11 is 0. The molecule has 2 aromatic carbocycles. The van der Waals surface area contributed by atoms with Gasteiger partial charge in [0.15, 0.2) is 0 Å². The third kappa shape index (κ3) is 3.71. The Balaban J connectivity index is 2.44. The molecule has 20 heavy (non-hydrogen) atoms. The van der Waals surface area contributed by atoms with Gasteiger partial charge in [0.25, 0.3) is 0 Å². The fourth-order valence-corrected chi connectivity index (χ4v) is 4.51. The number of benzene rings is 2. The Hall–Kier alpha value is -1.59. The van der Waals surface area contributed by atoms with E-state index in [1.54, 1.807) is 0 Å². The number of rotatable bonds is 6. The molecule has 0 bridgehead atoms. The number of ether oxygens (including phenoxy) is 1. The van der Waals surface area contributed by atoms with E-state index in [4.69, 9.17) is 4.74 Å². The van der Waals surface area contributed by atoms with Gasteiger partial charge in [-0.3, -0.25) is 0 Å². The van der Waals surface area contributed by atoms with Gasteiger partial charge in [-0.1, -0.05) is 67.6 Å². The van der Waals surface area contributed by atoms with Crippen molar-refractivity contribution in [3.8, 4) is 0 Å². The number of hydrogen-bond acceptors (Lipinski definition) is 1. The van der Waals surface area contributed by atoms with E-state index in [1.165, 1.54) is 15.9 Å². The molecule has 1 nitrogen and oxygen atoms in total. The largest absolute Gasteiger partial charge is 0.501 e. The van der Waals surface area contributed by atoms with E-state index in [9.17, 15) is 0 Å². The Kier molecular flexibility index (Phi) is 5.83. The SMILES string of the molecule is CCO/C=C(/CC)P(c1ccccc1)c1ccccc1. The zero-order valence-corrected chi connectivity index (χ0v) is 13.0. The van der Waals surface area contributed by atoms with E-state index in [1.807, 2.05) is 13.2 Å². The van der Waals surface area contributed by atoms with Crippen LogP contribution in [0.5, 0.6) is 0 Å². The van der Waals surface area contributed by atoms with Crippen LogP contribution in [0.15, 0.2) is 72.2 Å². The molecule has 0 aliphatic heterocycles. The second-order valence-electron chi connectivity index (χ2n) is 4.42. The number of hydrogen-bond donors (Lipinski definition) is 0. The van der Waals surface area contributed by atoms with E-state index >= 15 is 0 Å². The van der Waals surface area contributed by atoms with Crippen molar-refractivity contribution in [3.63, 3.8) is 0 Å². The highest BCUT2D eigenvalue weighted by atomic mass is 31.1. The van der Waals surface area contributed by atoms with Crippen molar-refractivity contribution >= 4 is 18.5 Å². The zero-order valence-electron chi connectivity index (χ0n) is 12.1. The van der Waals surface area contributed by atoms with Gasteiger partial charge in [0, 0.05) is 0 Å². The minimum absolute atomic E-state index is 0.490. The monoisotopic (exact) mass is 284 g/mol. The summed E-state index contributed by atoms with van der Waals surface area (Å²) in [6, 6.07) is 21.5. The summed E-state index contributed by atoms with van der Waals surface area (Å²) in [7, 11) is -0.490. The van der Waals surface area contributed by atoms with Gasteiger partial charge >= 0.3 is 0 Å². The molecule has 104 valence electrons. The van der Waals surface area contributed by atoms with Gasteiger partial charge in [-0.15, -0.1) is 0 Å². The van der Waals surface area contributed by atoms with E-state index < -0.39 is 7.92 Å². The van der Waals surface area contributed by atoms with Crippen LogP contribution in [0, 0.1) is 0 Å². The first-order valence-corrected chi connectivity index (χ1v) is 8.41. The molecule has 0 aromatic heterocycles. The van der Waals surface area contributed by atoms with Crippen LogP contribution in [-0.2, 0) is 4.74 Å². The van der Waals surface area contributed by atoms with E-state index in [0.29, 0.717) is 0 Å². The van der Waals surface area contributed by atoms with E-state index in [2.05, 4.69) is 67.6 Å². The van der Waals surface area contributed by atoms with Gasteiger partial charge in [-0.05, 0) is 37.2 Å². The Morgan fingerprint density at radius 3 is 1.80 bits per heavy atom. The zero-order chi connectivity index (χ0) is 14.2. The summed E-state index contributed by atoms with van der Waals surface area (Å²) in [4.78, 5) is 0. The lowest BCUT2D eigenvalue weighted by Crippen LogP contribution is -2.12. The molecule has 0 fully saturated rings. The molecule has 0 N–H and O–H groups in total. The van der Waals surface area contributed by atoms with Gasteiger partial charge < -0.3 is 4.74 Å². The first-order chi connectivity index (χ1) is 9.86. The van der Waals surface area contributed by atoms with Gasteiger partial charge in [-0.25, -0.2) is 0 Å². The molecule has 0 heterocycles. The molecule has 2 aromatic rings. The Morgan fingerprint density at radius 2 is 1.40 bits per heavy atom. The molecule has 0 radical (unpaired) electrons. The Morgan fingerprint density at radius 1 is 0.900 bits per heavy atom. The average molecular weight is 284 g/mol. The van der Waals surface area contributed by atoms with Crippen LogP contribution < -0.4 is 10.6 Å². The van der Waals surface area contributed by atoms with E-state index in [0.717, 1.165) is 13.0 Å². The topological polar surface area (TPSA) is 9.23 Å². The van der Waals surface area contributed by atoms with E-state index in [-0.39, 0.29) is 0 Å². The number of allylic oxidation sites excluding steroid dienone is 1. The molecular weight excluding hydrogens is 263 g/mol. The predicted octanol–water partition coefficient (Wildman–Crippen LogP) is 4.41. The van der Waals surface area contributed by atoms with Crippen molar-refractivity contribution in [2.24, 2.45) is 0 Å². The molecule has 0 saturated heterocycles. The highest BCUT2D eigenvalue weighted by Gasteiger charge is 2.17. The normalized spacial score (nSPS) is 11.7. The smallest absolute Gasteiger partial charge is 0.0871 e. The van der Waals surface area contributed by atoms with Crippen LogP contribution in [-0.4, -0.2) is 6.61 Å². The molecule has 0 atom stereocenters. The van der Waals surface area contributed by atoms with Crippen LogP contribution in [0.25, 0.3) is 0 Å². The third-order valence-electron chi connectivity index (χ3n) is 3.06. The second kappa shape index (κ2) is 7.87. The molecule has 0 aliphatic carbocycles. The quantitative estimate of drug-likeness (QED) is 0.564. The summed E-state index contributed by atoms with van der Waals surface area (Å²) in [5, 5.41) is 4.13. The fraction of sp³-hybridized carbons (Fsp3) is 0.222. The lowest BCUT2D eigenvalue weighted by molar-refractivity contribution is 0.267. The maximum atomic E-state index is 5.56. The molecular formula is C18H21OP. The molecule has 0 spiro atoms. The highest BCUT2D eigenvalue weighted by Crippen LogP contribution is 2.44. The molecule has 0 amide bonds. The lowest BCUT2D eigenvalue weighted by Gasteiger charge is -2.21. The van der Waals surface area contributed by atoms with Crippen molar-refractivity contribution in [2.75, 3.05) is 6.61 Å². The van der Waals surface area contributed by atoms with Gasteiger partial charge in [0.1, 0.15) is 0 Å². The van der Waals surface area contributed by atoms with Crippen molar-refractivity contribution in [3.05, 3.63) is 72.2 Å². The summed E-state index contributed by atoms with van der Waals surface area (Å²) in [5.41, 5.74) is 0. The summed E-state index contributed by atoms with van der Waals surface area (Å²) in [6.07, 6.45) is 2.97. The molecule has 2 rings (SSSR count). The van der Waals surface area contributed by atoms with Crippen LogP contribution in [0.4, 0.5) is 0 Å².